The van der Waals surface area contributed by atoms with Gasteiger partial charge in [0.2, 0.25) is 0 Å². The van der Waals surface area contributed by atoms with E-state index in [1.165, 1.54) is 19.9 Å². The van der Waals surface area contributed by atoms with Gasteiger partial charge in [0, 0.05) is 40.1 Å². The van der Waals surface area contributed by atoms with Crippen LogP contribution in [0.1, 0.15) is 42.3 Å². The summed E-state index contributed by atoms with van der Waals surface area (Å²) in [4.78, 5) is 42.2. The summed E-state index contributed by atoms with van der Waals surface area (Å²) in [5.41, 5.74) is 0.360. The third kappa shape index (κ3) is 2.75. The van der Waals surface area contributed by atoms with Gasteiger partial charge in [-0.3, -0.25) is 14.4 Å². The zero-order valence-electron chi connectivity index (χ0n) is 19.0. The SMILES string of the molecule is CC(=O)c1c(O)c(C)c(O)c2c1OC1=CC(=O)/C(=C(/C)Nc3ccc4[nH]ccc4c3)C(=O)[C@@]12C. The van der Waals surface area contributed by atoms with Gasteiger partial charge in [-0.1, -0.05) is 0 Å². The van der Waals surface area contributed by atoms with E-state index < -0.39 is 28.5 Å². The number of ketones is 3. The molecule has 2 aromatic carbocycles. The first-order valence-electron chi connectivity index (χ1n) is 10.7. The molecule has 1 aliphatic carbocycles. The van der Waals surface area contributed by atoms with Gasteiger partial charge in [-0.2, -0.15) is 0 Å². The molecule has 4 N–H and O–H groups in total. The van der Waals surface area contributed by atoms with Crippen molar-refractivity contribution in [3.63, 3.8) is 0 Å². The molecular formula is C26H22N2O6. The summed E-state index contributed by atoms with van der Waals surface area (Å²) in [6, 6.07) is 7.52. The third-order valence-corrected chi connectivity index (χ3v) is 6.64. The Morgan fingerprint density at radius 2 is 1.85 bits per heavy atom. The van der Waals surface area contributed by atoms with Gasteiger partial charge >= 0.3 is 0 Å². The van der Waals surface area contributed by atoms with Crippen LogP contribution in [0.5, 0.6) is 17.2 Å². The molecule has 0 radical (unpaired) electrons. The minimum Gasteiger partial charge on any atom is -0.507 e. The zero-order chi connectivity index (χ0) is 24.5. The highest BCUT2D eigenvalue weighted by Crippen LogP contribution is 2.57. The van der Waals surface area contributed by atoms with Gasteiger partial charge in [0.05, 0.1) is 11.1 Å². The molecule has 1 aromatic heterocycles. The molecule has 8 heteroatoms. The highest BCUT2D eigenvalue weighted by atomic mass is 16.5. The summed E-state index contributed by atoms with van der Waals surface area (Å²) in [5, 5.41) is 25.4. The number of phenolic OH excluding ortho intramolecular Hbond substituents is 2. The number of carbonyl (C=O) groups is 3. The standard InChI is InChI=1S/C26H22N2O6/c1-11-22(31)20(13(3)29)24-21(23(11)32)26(4)18(34-24)10-17(30)19(25(26)33)12(2)28-15-5-6-16-14(9-15)7-8-27-16/h5-10,27-28,31-32H,1-4H3/b19-12+/t26-/m0/s1. The number of aromatic hydroxyl groups is 2. The van der Waals surface area contributed by atoms with E-state index in [-0.39, 0.29) is 39.5 Å². The van der Waals surface area contributed by atoms with Crippen LogP contribution in [0.15, 0.2) is 53.6 Å². The molecule has 0 unspecified atom stereocenters. The average molecular weight is 458 g/mol. The summed E-state index contributed by atoms with van der Waals surface area (Å²) < 4.78 is 5.78. The summed E-state index contributed by atoms with van der Waals surface area (Å²) in [7, 11) is 0. The Bertz CT molecular complexity index is 1520. The first kappa shape index (κ1) is 21.5. The highest BCUT2D eigenvalue weighted by molar-refractivity contribution is 6.31. The van der Waals surface area contributed by atoms with Crippen molar-refractivity contribution in [1.29, 1.82) is 0 Å². The number of hydrogen-bond donors (Lipinski definition) is 4. The first-order chi connectivity index (χ1) is 16.1. The van der Waals surface area contributed by atoms with Gasteiger partial charge in [0.15, 0.2) is 17.3 Å². The minimum atomic E-state index is -1.54. The minimum absolute atomic E-state index is 0.00518. The van der Waals surface area contributed by atoms with Crippen molar-refractivity contribution in [3.8, 4) is 17.2 Å². The Morgan fingerprint density at radius 3 is 2.56 bits per heavy atom. The fourth-order valence-electron chi connectivity index (χ4n) is 4.77. The lowest BCUT2D eigenvalue weighted by molar-refractivity contribution is -0.123. The number of allylic oxidation sites excluding steroid dienone is 4. The number of ether oxygens (including phenoxy) is 1. The van der Waals surface area contributed by atoms with Crippen molar-refractivity contribution in [2.45, 2.75) is 33.1 Å². The second kappa shape index (κ2) is 7.08. The van der Waals surface area contributed by atoms with E-state index in [9.17, 15) is 24.6 Å². The van der Waals surface area contributed by atoms with Crippen molar-refractivity contribution in [2.24, 2.45) is 0 Å². The molecule has 0 amide bonds. The number of anilines is 1. The Hall–Kier alpha value is -4.33. The molecule has 1 atom stereocenters. The second-order valence-corrected chi connectivity index (χ2v) is 8.79. The Balaban J connectivity index is 1.66. The molecule has 5 rings (SSSR count). The van der Waals surface area contributed by atoms with Crippen LogP contribution in [0.2, 0.25) is 0 Å². The van der Waals surface area contributed by atoms with Crippen molar-refractivity contribution in [2.75, 3.05) is 5.32 Å². The van der Waals surface area contributed by atoms with Gasteiger partial charge in [0.25, 0.3) is 0 Å². The fraction of sp³-hybridized carbons (Fsp3) is 0.192. The van der Waals surface area contributed by atoms with Gasteiger partial charge in [0.1, 0.15) is 34.0 Å². The van der Waals surface area contributed by atoms with E-state index in [4.69, 9.17) is 4.74 Å². The normalized spacial score (nSPS) is 20.5. The largest absolute Gasteiger partial charge is 0.507 e. The molecule has 2 aliphatic rings. The van der Waals surface area contributed by atoms with Gasteiger partial charge in [-0.15, -0.1) is 0 Å². The molecule has 3 aromatic rings. The highest BCUT2D eigenvalue weighted by Gasteiger charge is 2.56. The van der Waals surface area contributed by atoms with E-state index in [1.807, 2.05) is 30.5 Å². The van der Waals surface area contributed by atoms with Crippen molar-refractivity contribution >= 4 is 33.9 Å². The summed E-state index contributed by atoms with van der Waals surface area (Å²) in [6.45, 7) is 5.87. The van der Waals surface area contributed by atoms with Crippen molar-refractivity contribution < 1.29 is 29.3 Å². The first-order valence-corrected chi connectivity index (χ1v) is 10.7. The van der Waals surface area contributed by atoms with Crippen molar-refractivity contribution in [3.05, 3.63) is 70.3 Å². The summed E-state index contributed by atoms with van der Waals surface area (Å²) in [6.07, 6.45) is 3.02. The molecule has 0 saturated carbocycles. The van der Waals surface area contributed by atoms with Crippen LogP contribution < -0.4 is 10.1 Å². The quantitative estimate of drug-likeness (QED) is 0.263. The van der Waals surface area contributed by atoms with E-state index in [0.29, 0.717) is 11.4 Å². The molecule has 8 nitrogen and oxygen atoms in total. The second-order valence-electron chi connectivity index (χ2n) is 8.79. The number of fused-ring (bicyclic) bond motifs is 4. The molecule has 0 fully saturated rings. The van der Waals surface area contributed by atoms with Gasteiger partial charge in [-0.05, 0) is 52.0 Å². The van der Waals surface area contributed by atoms with E-state index in [1.54, 1.807) is 13.8 Å². The van der Waals surface area contributed by atoms with Gasteiger partial charge in [-0.25, -0.2) is 0 Å². The number of phenols is 2. The van der Waals surface area contributed by atoms with Crippen LogP contribution in [0.25, 0.3) is 10.9 Å². The molecule has 172 valence electrons. The fourth-order valence-corrected chi connectivity index (χ4v) is 4.77. The lowest BCUT2D eigenvalue weighted by atomic mass is 9.70. The van der Waals surface area contributed by atoms with E-state index in [2.05, 4.69) is 10.3 Å². The zero-order valence-corrected chi connectivity index (χ0v) is 19.0. The monoisotopic (exact) mass is 458 g/mol. The lowest BCUT2D eigenvalue weighted by Crippen LogP contribution is -2.40. The molecule has 1 aliphatic heterocycles. The number of H-pyrrole nitrogens is 1. The Kier molecular flexibility index (Phi) is 4.48. The Labute approximate surface area is 194 Å². The van der Waals surface area contributed by atoms with Crippen LogP contribution in [0, 0.1) is 6.92 Å². The van der Waals surface area contributed by atoms with Crippen LogP contribution >= 0.6 is 0 Å². The molecule has 0 saturated heterocycles. The van der Waals surface area contributed by atoms with Crippen LogP contribution in [0.4, 0.5) is 5.69 Å². The smallest absolute Gasteiger partial charge is 0.194 e. The lowest BCUT2D eigenvalue weighted by Gasteiger charge is -2.29. The molecule has 34 heavy (non-hydrogen) atoms. The van der Waals surface area contributed by atoms with E-state index in [0.717, 1.165) is 10.9 Å². The maximum atomic E-state index is 13.8. The van der Waals surface area contributed by atoms with E-state index >= 15 is 0 Å². The van der Waals surface area contributed by atoms with Crippen LogP contribution in [0.3, 0.4) is 0 Å². The number of hydrogen-bond acceptors (Lipinski definition) is 7. The number of carbonyl (C=O) groups excluding carboxylic acids is 3. The number of benzene rings is 2. The van der Waals surface area contributed by atoms with Crippen LogP contribution in [-0.2, 0) is 15.0 Å². The maximum absolute atomic E-state index is 13.8. The molecular weight excluding hydrogens is 436 g/mol. The predicted octanol–water partition coefficient (Wildman–Crippen LogP) is 4.16. The number of nitrogens with one attached hydrogen (secondary N) is 2. The van der Waals surface area contributed by atoms with Crippen molar-refractivity contribution in [1.82, 2.24) is 4.98 Å². The topological polar surface area (TPSA) is 129 Å². The average Bonchev–Trinajstić information content (AvgIpc) is 3.34. The molecule has 2 heterocycles. The maximum Gasteiger partial charge on any atom is 0.194 e. The number of Topliss-reactive ketones (excluding diaryl/α,β-unsaturated/α-hetero) is 2. The molecule has 0 spiro atoms. The number of aromatic nitrogens is 1. The van der Waals surface area contributed by atoms with Crippen LogP contribution in [-0.4, -0.2) is 32.5 Å². The number of aromatic amines is 1. The molecule has 0 bridgehead atoms. The predicted molar refractivity (Wildman–Crippen MR) is 125 cm³/mol. The summed E-state index contributed by atoms with van der Waals surface area (Å²) in [5.74, 6) is -2.49. The number of rotatable bonds is 3. The summed E-state index contributed by atoms with van der Waals surface area (Å²) >= 11 is 0. The third-order valence-electron chi connectivity index (χ3n) is 6.64. The Morgan fingerprint density at radius 1 is 1.12 bits per heavy atom. The van der Waals surface area contributed by atoms with Gasteiger partial charge < -0.3 is 25.3 Å².